The largest absolute Gasteiger partial charge is 0.338 e. The summed E-state index contributed by atoms with van der Waals surface area (Å²) < 4.78 is 28.3. The number of hydrogen-bond acceptors (Lipinski definition) is 4. The molecule has 0 saturated carbocycles. The van der Waals surface area contributed by atoms with E-state index in [1.807, 2.05) is 4.90 Å². The predicted octanol–water partition coefficient (Wildman–Crippen LogP) is 2.89. The van der Waals surface area contributed by atoms with E-state index in [2.05, 4.69) is 15.5 Å². The van der Waals surface area contributed by atoms with E-state index in [1.54, 1.807) is 18.3 Å². The molecular weight excluding hydrogens is 352 g/mol. The first kappa shape index (κ1) is 17.5. The summed E-state index contributed by atoms with van der Waals surface area (Å²) in [6.07, 6.45) is 4.84. The number of benzene rings is 1. The summed E-state index contributed by atoms with van der Waals surface area (Å²) >= 11 is 0. The van der Waals surface area contributed by atoms with Crippen LogP contribution in [-0.2, 0) is 6.42 Å². The molecule has 3 heterocycles. The molecule has 0 spiro atoms. The first-order chi connectivity index (χ1) is 13.1. The molecule has 8 heteroatoms. The molecule has 27 heavy (non-hydrogen) atoms. The van der Waals surface area contributed by atoms with Gasteiger partial charge in [-0.15, -0.1) is 5.10 Å². The number of nitrogens with zero attached hydrogens (tertiary/aromatic N) is 5. The SMILES string of the molecule is O=C(c1ccc2nnnn2c1)N1CCC[C@@H](CCc2ccc(F)cc2F)C1. The summed E-state index contributed by atoms with van der Waals surface area (Å²) in [5.74, 6) is -0.826. The molecule has 1 aromatic carbocycles. The number of halogens is 2. The van der Waals surface area contributed by atoms with Crippen LogP contribution in [0, 0.1) is 17.6 Å². The molecule has 140 valence electrons. The van der Waals surface area contributed by atoms with Crippen molar-refractivity contribution in [1.29, 1.82) is 0 Å². The number of aromatic nitrogens is 4. The highest BCUT2D eigenvalue weighted by Gasteiger charge is 2.25. The zero-order valence-corrected chi connectivity index (χ0v) is 14.7. The summed E-state index contributed by atoms with van der Waals surface area (Å²) in [6.45, 7) is 1.34. The summed E-state index contributed by atoms with van der Waals surface area (Å²) in [5, 5.41) is 11.2. The number of rotatable bonds is 4. The zero-order chi connectivity index (χ0) is 18.8. The number of fused-ring (bicyclic) bond motifs is 1. The van der Waals surface area contributed by atoms with Crippen molar-refractivity contribution in [1.82, 2.24) is 24.9 Å². The van der Waals surface area contributed by atoms with E-state index >= 15 is 0 Å². The zero-order valence-electron chi connectivity index (χ0n) is 14.7. The van der Waals surface area contributed by atoms with Crippen LogP contribution in [0.5, 0.6) is 0 Å². The highest BCUT2D eigenvalue weighted by atomic mass is 19.1. The molecule has 0 N–H and O–H groups in total. The van der Waals surface area contributed by atoms with E-state index in [-0.39, 0.29) is 5.91 Å². The van der Waals surface area contributed by atoms with Crippen LogP contribution in [0.3, 0.4) is 0 Å². The Labute approximate surface area is 154 Å². The Morgan fingerprint density at radius 3 is 2.96 bits per heavy atom. The summed E-state index contributed by atoms with van der Waals surface area (Å²) in [7, 11) is 0. The third kappa shape index (κ3) is 3.79. The third-order valence-corrected chi connectivity index (χ3v) is 5.08. The predicted molar refractivity (Wildman–Crippen MR) is 94.1 cm³/mol. The number of likely N-dealkylation sites (tertiary alicyclic amines) is 1. The van der Waals surface area contributed by atoms with Crippen molar-refractivity contribution in [2.75, 3.05) is 13.1 Å². The van der Waals surface area contributed by atoms with Gasteiger partial charge in [0.25, 0.3) is 5.91 Å². The molecule has 0 bridgehead atoms. The van der Waals surface area contributed by atoms with E-state index in [1.165, 1.54) is 16.6 Å². The van der Waals surface area contributed by atoms with Crippen LogP contribution in [0.2, 0.25) is 0 Å². The molecule has 1 amide bonds. The Hall–Kier alpha value is -2.90. The van der Waals surface area contributed by atoms with Gasteiger partial charge in [-0.2, -0.15) is 4.52 Å². The summed E-state index contributed by atoms with van der Waals surface area (Å²) in [5.41, 5.74) is 1.65. The maximum atomic E-state index is 13.8. The maximum Gasteiger partial charge on any atom is 0.255 e. The lowest BCUT2D eigenvalue weighted by molar-refractivity contribution is 0.0667. The standard InChI is InChI=1S/C19H19F2N5O/c20-16-7-5-14(17(21)10-16)4-3-13-2-1-9-25(11-13)19(27)15-6-8-18-22-23-24-26(18)12-15/h5-8,10,12-13H,1-4,9,11H2/t13-/m0/s1. The van der Waals surface area contributed by atoms with E-state index in [0.29, 0.717) is 42.2 Å². The first-order valence-corrected chi connectivity index (χ1v) is 9.01. The van der Waals surface area contributed by atoms with Crippen molar-refractivity contribution >= 4 is 11.6 Å². The second kappa shape index (κ2) is 7.38. The van der Waals surface area contributed by atoms with Gasteiger partial charge >= 0.3 is 0 Å². The third-order valence-electron chi connectivity index (χ3n) is 5.08. The summed E-state index contributed by atoms with van der Waals surface area (Å²) in [6, 6.07) is 7.14. The van der Waals surface area contributed by atoms with Gasteiger partial charge < -0.3 is 4.90 Å². The Kier molecular flexibility index (Phi) is 4.79. The molecule has 1 saturated heterocycles. The second-order valence-corrected chi connectivity index (χ2v) is 6.93. The van der Waals surface area contributed by atoms with Gasteiger partial charge in [-0.1, -0.05) is 6.07 Å². The van der Waals surface area contributed by atoms with Crippen molar-refractivity contribution in [3.8, 4) is 0 Å². The van der Waals surface area contributed by atoms with Crippen LogP contribution in [0.15, 0.2) is 36.5 Å². The lowest BCUT2D eigenvalue weighted by Crippen LogP contribution is -2.40. The van der Waals surface area contributed by atoms with E-state index in [0.717, 1.165) is 25.3 Å². The Morgan fingerprint density at radius 1 is 1.22 bits per heavy atom. The second-order valence-electron chi connectivity index (χ2n) is 6.93. The number of aryl methyl sites for hydroxylation is 1. The maximum absolute atomic E-state index is 13.8. The van der Waals surface area contributed by atoms with Gasteiger partial charge in [-0.25, -0.2) is 8.78 Å². The average Bonchev–Trinajstić information content (AvgIpc) is 3.15. The molecule has 6 nitrogen and oxygen atoms in total. The van der Waals surface area contributed by atoms with Crippen LogP contribution in [-0.4, -0.2) is 43.9 Å². The Bertz CT molecular complexity index is 974. The average molecular weight is 371 g/mol. The number of carbonyl (C=O) groups is 1. The number of hydrogen-bond donors (Lipinski definition) is 0. The normalized spacial score (nSPS) is 17.4. The fraction of sp³-hybridized carbons (Fsp3) is 0.368. The molecule has 1 atom stereocenters. The van der Waals surface area contributed by atoms with Crippen molar-refractivity contribution in [3.63, 3.8) is 0 Å². The van der Waals surface area contributed by atoms with Crippen LogP contribution < -0.4 is 0 Å². The van der Waals surface area contributed by atoms with Crippen molar-refractivity contribution in [2.45, 2.75) is 25.7 Å². The monoisotopic (exact) mass is 371 g/mol. The molecule has 4 rings (SSSR count). The molecule has 0 aliphatic carbocycles. The minimum Gasteiger partial charge on any atom is -0.338 e. The lowest BCUT2D eigenvalue weighted by Gasteiger charge is -2.33. The van der Waals surface area contributed by atoms with Crippen molar-refractivity contribution in [2.24, 2.45) is 5.92 Å². The van der Waals surface area contributed by atoms with Gasteiger partial charge in [-0.3, -0.25) is 4.79 Å². The fourth-order valence-corrected chi connectivity index (χ4v) is 3.62. The van der Waals surface area contributed by atoms with Gasteiger partial charge in [-0.05, 0) is 65.8 Å². The van der Waals surface area contributed by atoms with Gasteiger partial charge in [0.15, 0.2) is 5.65 Å². The van der Waals surface area contributed by atoms with E-state index < -0.39 is 11.6 Å². The van der Waals surface area contributed by atoms with Crippen molar-refractivity contribution < 1.29 is 13.6 Å². The molecule has 0 unspecified atom stereocenters. The number of pyridine rings is 1. The smallest absolute Gasteiger partial charge is 0.255 e. The highest BCUT2D eigenvalue weighted by Crippen LogP contribution is 2.24. The van der Waals surface area contributed by atoms with E-state index in [4.69, 9.17) is 0 Å². The minimum atomic E-state index is -0.565. The fourth-order valence-electron chi connectivity index (χ4n) is 3.62. The lowest BCUT2D eigenvalue weighted by atomic mass is 9.91. The molecule has 1 aliphatic heterocycles. The summed E-state index contributed by atoms with van der Waals surface area (Å²) in [4.78, 5) is 14.7. The highest BCUT2D eigenvalue weighted by molar-refractivity contribution is 5.94. The molecule has 0 radical (unpaired) electrons. The van der Waals surface area contributed by atoms with Gasteiger partial charge in [0.1, 0.15) is 11.6 Å². The van der Waals surface area contributed by atoms with Gasteiger partial charge in [0.05, 0.1) is 5.56 Å². The molecule has 1 aliphatic rings. The topological polar surface area (TPSA) is 63.4 Å². The molecule has 1 fully saturated rings. The van der Waals surface area contributed by atoms with Crippen molar-refractivity contribution in [3.05, 3.63) is 59.3 Å². The molecule has 3 aromatic rings. The molecule has 2 aromatic heterocycles. The Balaban J connectivity index is 1.40. The van der Waals surface area contributed by atoms with Crippen LogP contribution in [0.1, 0.15) is 35.2 Å². The number of piperidine rings is 1. The van der Waals surface area contributed by atoms with Crippen LogP contribution >= 0.6 is 0 Å². The molecular formula is C19H19F2N5O. The minimum absolute atomic E-state index is 0.0509. The van der Waals surface area contributed by atoms with Gasteiger partial charge in [0, 0.05) is 25.4 Å². The first-order valence-electron chi connectivity index (χ1n) is 9.01. The quantitative estimate of drug-likeness (QED) is 0.707. The van der Waals surface area contributed by atoms with E-state index in [9.17, 15) is 13.6 Å². The van der Waals surface area contributed by atoms with Crippen LogP contribution in [0.25, 0.3) is 5.65 Å². The van der Waals surface area contributed by atoms with Gasteiger partial charge in [0.2, 0.25) is 0 Å². The number of amides is 1. The van der Waals surface area contributed by atoms with Crippen LogP contribution in [0.4, 0.5) is 8.78 Å². The number of carbonyl (C=O) groups excluding carboxylic acids is 1. The Morgan fingerprint density at radius 2 is 2.11 bits per heavy atom. The number of tetrazole rings is 1.